The van der Waals surface area contributed by atoms with Gasteiger partial charge < -0.3 is 4.90 Å². The average Bonchev–Trinajstić information content (AvgIpc) is 2.81. The first-order chi connectivity index (χ1) is 8.58. The van der Waals surface area contributed by atoms with Crippen molar-refractivity contribution in [3.63, 3.8) is 0 Å². The minimum atomic E-state index is -0.397. The predicted molar refractivity (Wildman–Crippen MR) is 70.6 cm³/mol. The second kappa shape index (κ2) is 5.27. The lowest BCUT2D eigenvalue weighted by molar-refractivity contribution is 0.101. The topological polar surface area (TPSA) is 33.2 Å². The molecule has 0 aliphatic heterocycles. The van der Waals surface area contributed by atoms with Gasteiger partial charge in [0.15, 0.2) is 5.78 Å². The Kier molecular flexibility index (Phi) is 3.72. The molecule has 1 aromatic heterocycles. The van der Waals surface area contributed by atoms with Crippen molar-refractivity contribution in [1.29, 1.82) is 0 Å². The molecular formula is C13H13FN2OS. The van der Waals surface area contributed by atoms with E-state index in [9.17, 15) is 9.18 Å². The summed E-state index contributed by atoms with van der Waals surface area (Å²) in [6.45, 7) is 2.03. The van der Waals surface area contributed by atoms with Gasteiger partial charge in [0.25, 0.3) is 0 Å². The van der Waals surface area contributed by atoms with Crippen molar-refractivity contribution in [3.05, 3.63) is 46.2 Å². The van der Waals surface area contributed by atoms with Crippen LogP contribution in [0.1, 0.15) is 23.0 Å². The SMILES string of the molecule is CC(=O)c1cc(F)ccc1N(C)Cc1cscn1. The van der Waals surface area contributed by atoms with Crippen LogP contribution in [0.25, 0.3) is 0 Å². The van der Waals surface area contributed by atoms with Crippen molar-refractivity contribution < 1.29 is 9.18 Å². The molecule has 0 aliphatic carbocycles. The maximum Gasteiger partial charge on any atom is 0.161 e. The number of ketones is 1. The van der Waals surface area contributed by atoms with Crippen molar-refractivity contribution in [3.8, 4) is 0 Å². The van der Waals surface area contributed by atoms with Gasteiger partial charge in [-0.15, -0.1) is 11.3 Å². The fourth-order valence-corrected chi connectivity index (χ4v) is 2.32. The number of hydrogen-bond donors (Lipinski definition) is 0. The number of nitrogens with zero attached hydrogens (tertiary/aromatic N) is 2. The van der Waals surface area contributed by atoms with E-state index in [-0.39, 0.29) is 5.78 Å². The van der Waals surface area contributed by atoms with E-state index in [1.807, 2.05) is 17.3 Å². The lowest BCUT2D eigenvalue weighted by atomic mass is 10.1. The molecule has 0 fully saturated rings. The van der Waals surface area contributed by atoms with Crippen molar-refractivity contribution in [2.24, 2.45) is 0 Å². The Hall–Kier alpha value is -1.75. The van der Waals surface area contributed by atoms with Crippen LogP contribution in [0.2, 0.25) is 0 Å². The third kappa shape index (κ3) is 2.73. The number of halogens is 1. The van der Waals surface area contributed by atoms with Crippen molar-refractivity contribution in [1.82, 2.24) is 4.98 Å². The molecule has 0 saturated carbocycles. The second-order valence-corrected chi connectivity index (χ2v) is 4.77. The molecule has 0 unspecified atom stereocenters. The summed E-state index contributed by atoms with van der Waals surface area (Å²) in [5, 5.41) is 1.95. The number of hydrogen-bond acceptors (Lipinski definition) is 4. The molecule has 0 N–H and O–H groups in total. The van der Waals surface area contributed by atoms with Crippen molar-refractivity contribution >= 4 is 22.8 Å². The maximum atomic E-state index is 13.2. The first kappa shape index (κ1) is 12.7. The number of carbonyl (C=O) groups is 1. The molecular weight excluding hydrogens is 251 g/mol. The van der Waals surface area contributed by atoms with E-state index < -0.39 is 5.82 Å². The number of rotatable bonds is 4. The Morgan fingerprint density at radius 2 is 2.28 bits per heavy atom. The molecule has 1 aromatic carbocycles. The molecule has 0 saturated heterocycles. The van der Waals surface area contributed by atoms with Gasteiger partial charge in [-0.2, -0.15) is 0 Å². The van der Waals surface area contributed by atoms with Gasteiger partial charge >= 0.3 is 0 Å². The monoisotopic (exact) mass is 264 g/mol. The zero-order chi connectivity index (χ0) is 13.1. The summed E-state index contributed by atoms with van der Waals surface area (Å²) in [6.07, 6.45) is 0. The highest BCUT2D eigenvalue weighted by Gasteiger charge is 2.13. The van der Waals surface area contributed by atoms with Gasteiger partial charge in [0.05, 0.1) is 17.7 Å². The van der Waals surface area contributed by atoms with Gasteiger partial charge in [0.2, 0.25) is 0 Å². The quantitative estimate of drug-likeness (QED) is 0.795. The lowest BCUT2D eigenvalue weighted by Crippen LogP contribution is -2.19. The highest BCUT2D eigenvalue weighted by atomic mass is 32.1. The van der Waals surface area contributed by atoms with E-state index in [1.54, 1.807) is 11.6 Å². The van der Waals surface area contributed by atoms with Crippen LogP contribution >= 0.6 is 11.3 Å². The Morgan fingerprint density at radius 3 is 2.89 bits per heavy atom. The average molecular weight is 264 g/mol. The standard InChI is InChI=1S/C13H13FN2OS/c1-9(17)12-5-10(14)3-4-13(12)16(2)6-11-7-18-8-15-11/h3-5,7-8H,6H2,1-2H3. The van der Waals surface area contributed by atoms with Gasteiger partial charge in [-0.25, -0.2) is 9.37 Å². The Balaban J connectivity index is 2.29. The Bertz CT molecular complexity index is 554. The fraction of sp³-hybridized carbons (Fsp3) is 0.231. The van der Waals surface area contributed by atoms with Crippen molar-refractivity contribution in [2.75, 3.05) is 11.9 Å². The number of thiazole rings is 1. The summed E-state index contributed by atoms with van der Waals surface area (Å²) >= 11 is 1.52. The highest BCUT2D eigenvalue weighted by Crippen LogP contribution is 2.22. The molecule has 94 valence electrons. The molecule has 0 amide bonds. The molecule has 0 spiro atoms. The number of benzene rings is 1. The molecule has 5 heteroatoms. The third-order valence-corrected chi connectivity index (χ3v) is 3.27. The molecule has 1 heterocycles. The lowest BCUT2D eigenvalue weighted by Gasteiger charge is -2.20. The smallest absolute Gasteiger partial charge is 0.161 e. The number of Topliss-reactive ketones (excluding diaryl/α,β-unsaturated/α-hetero) is 1. The zero-order valence-electron chi connectivity index (χ0n) is 10.2. The largest absolute Gasteiger partial charge is 0.368 e. The van der Waals surface area contributed by atoms with Crippen LogP contribution in [0.4, 0.5) is 10.1 Å². The van der Waals surface area contributed by atoms with E-state index in [2.05, 4.69) is 4.98 Å². The summed E-state index contributed by atoms with van der Waals surface area (Å²) in [4.78, 5) is 17.6. The summed E-state index contributed by atoms with van der Waals surface area (Å²) in [6, 6.07) is 4.26. The van der Waals surface area contributed by atoms with Crippen LogP contribution in [-0.4, -0.2) is 17.8 Å². The summed E-state index contributed by atoms with van der Waals surface area (Å²) in [5.74, 6) is -0.541. The molecule has 2 rings (SSSR count). The molecule has 3 nitrogen and oxygen atoms in total. The number of carbonyl (C=O) groups excluding carboxylic acids is 1. The van der Waals surface area contributed by atoms with Gasteiger partial charge in [-0.1, -0.05) is 0 Å². The molecule has 18 heavy (non-hydrogen) atoms. The van der Waals surface area contributed by atoms with Crippen LogP contribution in [0.5, 0.6) is 0 Å². The van der Waals surface area contributed by atoms with E-state index in [0.717, 1.165) is 11.4 Å². The fourth-order valence-electron chi connectivity index (χ4n) is 1.77. The van der Waals surface area contributed by atoms with Crippen LogP contribution in [-0.2, 0) is 6.54 Å². The normalized spacial score (nSPS) is 10.4. The zero-order valence-corrected chi connectivity index (χ0v) is 11.0. The minimum absolute atomic E-state index is 0.144. The van der Waals surface area contributed by atoms with Gasteiger partial charge in [-0.05, 0) is 25.1 Å². The highest BCUT2D eigenvalue weighted by molar-refractivity contribution is 7.07. The number of anilines is 1. The van der Waals surface area contributed by atoms with E-state index in [0.29, 0.717) is 12.1 Å². The minimum Gasteiger partial charge on any atom is -0.368 e. The molecule has 0 bridgehead atoms. The second-order valence-electron chi connectivity index (χ2n) is 4.05. The summed E-state index contributed by atoms with van der Waals surface area (Å²) in [5.41, 5.74) is 3.81. The number of aromatic nitrogens is 1. The Morgan fingerprint density at radius 1 is 1.50 bits per heavy atom. The van der Waals surface area contributed by atoms with Crippen LogP contribution < -0.4 is 4.90 Å². The first-order valence-corrected chi connectivity index (χ1v) is 6.41. The first-order valence-electron chi connectivity index (χ1n) is 5.46. The van der Waals surface area contributed by atoms with Gasteiger partial charge in [0.1, 0.15) is 5.82 Å². The summed E-state index contributed by atoms with van der Waals surface area (Å²) in [7, 11) is 1.86. The van der Waals surface area contributed by atoms with Crippen LogP contribution in [0, 0.1) is 5.82 Å². The molecule has 0 radical (unpaired) electrons. The third-order valence-electron chi connectivity index (χ3n) is 2.63. The van der Waals surface area contributed by atoms with Crippen molar-refractivity contribution in [2.45, 2.75) is 13.5 Å². The molecule has 0 aliphatic rings. The van der Waals surface area contributed by atoms with Crippen LogP contribution in [0.15, 0.2) is 29.1 Å². The van der Waals surface area contributed by atoms with Crippen LogP contribution in [0.3, 0.4) is 0 Å². The van der Waals surface area contributed by atoms with Gasteiger partial charge in [0, 0.05) is 23.7 Å². The Labute approximate surface area is 109 Å². The predicted octanol–water partition coefficient (Wildman–Crippen LogP) is 3.12. The van der Waals surface area contributed by atoms with E-state index in [1.165, 1.54) is 30.4 Å². The maximum absolute atomic E-state index is 13.2. The molecule has 0 atom stereocenters. The van der Waals surface area contributed by atoms with E-state index >= 15 is 0 Å². The van der Waals surface area contributed by atoms with Gasteiger partial charge in [-0.3, -0.25) is 4.79 Å². The molecule has 2 aromatic rings. The van der Waals surface area contributed by atoms with E-state index in [4.69, 9.17) is 0 Å². The summed E-state index contributed by atoms with van der Waals surface area (Å²) < 4.78 is 13.2.